The van der Waals surface area contributed by atoms with E-state index in [4.69, 9.17) is 10.5 Å². The molecular formula is C24H18N4O. The van der Waals surface area contributed by atoms with Crippen LogP contribution in [-0.2, 0) is 0 Å². The van der Waals surface area contributed by atoms with Crippen LogP contribution in [0.25, 0.3) is 28.0 Å². The van der Waals surface area contributed by atoms with Crippen LogP contribution in [0.15, 0.2) is 42.0 Å². The predicted octanol–water partition coefficient (Wildman–Crippen LogP) is 4.86. The van der Waals surface area contributed by atoms with Crippen LogP contribution in [0.2, 0.25) is 0 Å². The van der Waals surface area contributed by atoms with E-state index in [0.29, 0.717) is 16.8 Å². The van der Waals surface area contributed by atoms with Crippen molar-refractivity contribution in [3.8, 4) is 17.9 Å². The van der Waals surface area contributed by atoms with E-state index in [1.807, 2.05) is 56.3 Å². The Morgan fingerprint density at radius 3 is 2.52 bits per heavy atom. The Balaban J connectivity index is 2.10. The fraction of sp³-hybridized carbons (Fsp3) is 0.125. The number of aromatic nitrogens is 1. The first kappa shape index (κ1) is 18.3. The highest BCUT2D eigenvalue weighted by molar-refractivity contribution is 6.11. The molecule has 0 amide bonds. The van der Waals surface area contributed by atoms with Gasteiger partial charge in [-0.25, -0.2) is 4.98 Å². The number of benzene rings is 2. The van der Waals surface area contributed by atoms with Crippen molar-refractivity contribution < 1.29 is 4.74 Å². The van der Waals surface area contributed by atoms with E-state index in [1.54, 1.807) is 7.11 Å². The molecule has 140 valence electrons. The number of pyridine rings is 1. The number of nitriles is 2. The first-order valence-corrected chi connectivity index (χ1v) is 9.11. The molecule has 0 unspecified atom stereocenters. The molecule has 4 rings (SSSR count). The van der Waals surface area contributed by atoms with Crippen LogP contribution in [0.3, 0.4) is 0 Å². The quantitative estimate of drug-likeness (QED) is 0.687. The van der Waals surface area contributed by atoms with Crippen molar-refractivity contribution in [1.82, 2.24) is 4.98 Å². The van der Waals surface area contributed by atoms with E-state index < -0.39 is 0 Å². The number of allylic oxidation sites excluding steroid dienone is 3. The van der Waals surface area contributed by atoms with Crippen molar-refractivity contribution in [3.05, 3.63) is 69.9 Å². The monoisotopic (exact) mass is 378 g/mol. The normalized spacial score (nSPS) is 14.0. The maximum Gasteiger partial charge on any atom is 0.142 e. The molecular weight excluding hydrogens is 360 g/mol. The van der Waals surface area contributed by atoms with Gasteiger partial charge in [0.25, 0.3) is 0 Å². The van der Waals surface area contributed by atoms with Gasteiger partial charge in [-0.1, -0.05) is 30.3 Å². The lowest BCUT2D eigenvalue weighted by Crippen LogP contribution is -2.03. The minimum atomic E-state index is 0.147. The van der Waals surface area contributed by atoms with Gasteiger partial charge in [0, 0.05) is 11.1 Å². The Hall–Kier alpha value is -4.09. The summed E-state index contributed by atoms with van der Waals surface area (Å²) in [6.45, 7) is 3.74. The van der Waals surface area contributed by atoms with E-state index in [1.165, 1.54) is 0 Å². The maximum atomic E-state index is 9.74. The zero-order valence-corrected chi connectivity index (χ0v) is 16.4. The first-order chi connectivity index (χ1) is 14.0. The second-order valence-corrected chi connectivity index (χ2v) is 6.90. The molecule has 5 nitrogen and oxygen atoms in total. The van der Waals surface area contributed by atoms with Crippen LogP contribution in [0, 0.1) is 29.6 Å². The molecule has 0 fully saturated rings. The molecule has 0 saturated carbocycles. The van der Waals surface area contributed by atoms with E-state index >= 15 is 0 Å². The van der Waals surface area contributed by atoms with Gasteiger partial charge in [-0.15, -0.1) is 0 Å². The summed E-state index contributed by atoms with van der Waals surface area (Å²) in [6, 6.07) is 16.4. The minimum absolute atomic E-state index is 0.147. The topological polar surface area (TPSA) is 95.7 Å². The Labute approximate surface area is 169 Å². The number of rotatable bonds is 2. The van der Waals surface area contributed by atoms with Crippen molar-refractivity contribution >= 4 is 33.8 Å². The molecule has 0 spiro atoms. The van der Waals surface area contributed by atoms with Gasteiger partial charge in [-0.2, -0.15) is 10.5 Å². The van der Waals surface area contributed by atoms with Crippen molar-refractivity contribution in [1.29, 1.82) is 10.5 Å². The minimum Gasteiger partial charge on any atom is -0.496 e. The summed E-state index contributed by atoms with van der Waals surface area (Å²) in [5.74, 6) is 0.880. The Bertz CT molecular complexity index is 1330. The van der Waals surface area contributed by atoms with Crippen LogP contribution in [0.5, 0.6) is 5.75 Å². The molecule has 5 heteroatoms. The lowest BCUT2D eigenvalue weighted by molar-refractivity contribution is 0.414. The molecule has 3 aromatic rings. The van der Waals surface area contributed by atoms with Crippen LogP contribution < -0.4 is 10.5 Å². The number of nitrogens with zero attached hydrogens (tertiary/aromatic N) is 3. The number of hydrogen-bond donors (Lipinski definition) is 1. The molecule has 0 aliphatic heterocycles. The predicted molar refractivity (Wildman–Crippen MR) is 115 cm³/mol. The lowest BCUT2D eigenvalue weighted by atomic mass is 9.94. The third-order valence-electron chi connectivity index (χ3n) is 5.42. The van der Waals surface area contributed by atoms with Crippen LogP contribution in [-0.4, -0.2) is 12.1 Å². The number of anilines is 1. The Morgan fingerprint density at radius 2 is 1.83 bits per heavy atom. The van der Waals surface area contributed by atoms with E-state index in [-0.39, 0.29) is 5.82 Å². The van der Waals surface area contributed by atoms with Gasteiger partial charge in [0.2, 0.25) is 0 Å². The van der Waals surface area contributed by atoms with E-state index in [0.717, 1.165) is 44.4 Å². The van der Waals surface area contributed by atoms with Crippen LogP contribution in [0.4, 0.5) is 5.82 Å². The number of fused-ring (bicyclic) bond motifs is 2. The van der Waals surface area contributed by atoms with Gasteiger partial charge < -0.3 is 10.5 Å². The highest BCUT2D eigenvalue weighted by Gasteiger charge is 2.30. The lowest BCUT2D eigenvalue weighted by Gasteiger charge is -2.13. The molecule has 0 bridgehead atoms. The fourth-order valence-electron chi connectivity index (χ4n) is 3.94. The second-order valence-electron chi connectivity index (χ2n) is 6.90. The molecule has 0 radical (unpaired) electrons. The summed E-state index contributed by atoms with van der Waals surface area (Å²) in [4.78, 5) is 4.39. The highest BCUT2D eigenvalue weighted by Crippen LogP contribution is 2.45. The average Bonchev–Trinajstić information content (AvgIpc) is 2.99. The summed E-state index contributed by atoms with van der Waals surface area (Å²) in [7, 11) is 1.64. The summed E-state index contributed by atoms with van der Waals surface area (Å²) >= 11 is 0. The van der Waals surface area contributed by atoms with Gasteiger partial charge in [-0.3, -0.25) is 0 Å². The summed E-state index contributed by atoms with van der Waals surface area (Å²) in [5, 5.41) is 21.4. The molecule has 1 aromatic heterocycles. The van der Waals surface area contributed by atoms with Gasteiger partial charge in [0.1, 0.15) is 23.7 Å². The van der Waals surface area contributed by atoms with Crippen molar-refractivity contribution in [2.45, 2.75) is 13.8 Å². The van der Waals surface area contributed by atoms with Crippen molar-refractivity contribution in [2.24, 2.45) is 0 Å². The SMILES string of the molecule is COc1ccc2ccccc2c1C=C1C(C)=C(C#N)c2nc(N)c(C#N)c(C)c21. The average molecular weight is 378 g/mol. The standard InChI is InChI=1S/C24H18N4O/c1-13-17(10-18-16-7-5-4-6-15(16)8-9-21(18)29-3)22-14(2)20(12-26)24(27)28-23(22)19(13)11-25/h4-10H,1-3H3,(H2,27,28). The molecule has 1 aliphatic carbocycles. The summed E-state index contributed by atoms with van der Waals surface area (Å²) in [6.07, 6.45) is 2.02. The fourth-order valence-corrected chi connectivity index (χ4v) is 3.94. The second kappa shape index (κ2) is 6.82. The molecule has 1 aliphatic rings. The van der Waals surface area contributed by atoms with Crippen molar-refractivity contribution in [3.63, 3.8) is 0 Å². The molecule has 29 heavy (non-hydrogen) atoms. The third kappa shape index (κ3) is 2.64. The van der Waals surface area contributed by atoms with Crippen LogP contribution in [0.1, 0.15) is 34.9 Å². The molecule has 0 saturated heterocycles. The van der Waals surface area contributed by atoms with Crippen molar-refractivity contribution in [2.75, 3.05) is 12.8 Å². The van der Waals surface area contributed by atoms with E-state index in [2.05, 4.69) is 17.1 Å². The number of nitrogen functional groups attached to an aromatic ring is 1. The maximum absolute atomic E-state index is 9.74. The zero-order valence-electron chi connectivity index (χ0n) is 16.4. The molecule has 0 atom stereocenters. The van der Waals surface area contributed by atoms with Gasteiger partial charge in [0.15, 0.2) is 0 Å². The third-order valence-corrected chi connectivity index (χ3v) is 5.42. The van der Waals surface area contributed by atoms with Gasteiger partial charge in [-0.05, 0) is 53.5 Å². The molecule has 2 N–H and O–H groups in total. The number of hydrogen-bond acceptors (Lipinski definition) is 5. The smallest absolute Gasteiger partial charge is 0.142 e. The number of ether oxygens (including phenoxy) is 1. The largest absolute Gasteiger partial charge is 0.496 e. The number of nitrogens with two attached hydrogens (primary N) is 1. The summed E-state index contributed by atoms with van der Waals surface area (Å²) in [5.41, 5.74) is 11.4. The van der Waals surface area contributed by atoms with Gasteiger partial charge >= 0.3 is 0 Å². The zero-order chi connectivity index (χ0) is 20.7. The highest BCUT2D eigenvalue weighted by atomic mass is 16.5. The van der Waals surface area contributed by atoms with Crippen LogP contribution >= 0.6 is 0 Å². The Morgan fingerprint density at radius 1 is 1.07 bits per heavy atom. The number of methoxy groups -OCH3 is 1. The van der Waals surface area contributed by atoms with Gasteiger partial charge in [0.05, 0.1) is 23.9 Å². The molecule has 2 aromatic carbocycles. The Kier molecular flexibility index (Phi) is 4.30. The first-order valence-electron chi connectivity index (χ1n) is 9.11. The molecule has 1 heterocycles. The van der Waals surface area contributed by atoms with E-state index in [9.17, 15) is 10.5 Å². The summed E-state index contributed by atoms with van der Waals surface area (Å²) < 4.78 is 5.62.